The summed E-state index contributed by atoms with van der Waals surface area (Å²) < 4.78 is 34.4. The number of amides is 4. The van der Waals surface area contributed by atoms with Gasteiger partial charge in [-0.1, -0.05) is 60.7 Å². The molecule has 23 heteroatoms. The maximum atomic E-state index is 14.1. The predicted octanol–water partition coefficient (Wildman–Crippen LogP) is 3.80. The largest absolute Gasteiger partial charge is 0.491 e. The summed E-state index contributed by atoms with van der Waals surface area (Å²) in [4.78, 5) is 101. The molecule has 2 aliphatic heterocycles. The first-order chi connectivity index (χ1) is 39.4. The lowest BCUT2D eigenvalue weighted by molar-refractivity contribution is -0.140. The highest BCUT2D eigenvalue weighted by molar-refractivity contribution is 6.07. The van der Waals surface area contributed by atoms with E-state index < -0.39 is 67.2 Å². The zero-order chi connectivity index (χ0) is 58.3. The number of aliphatic carboxylic acids is 3. The highest BCUT2D eigenvalue weighted by atomic mass is 19.3. The van der Waals surface area contributed by atoms with Crippen LogP contribution < -0.4 is 20.7 Å². The third-order valence-electron chi connectivity index (χ3n) is 15.2. The van der Waals surface area contributed by atoms with Crippen molar-refractivity contribution in [2.45, 2.75) is 62.6 Å². The maximum absolute atomic E-state index is 14.1. The molecule has 6 N–H and O–H groups in total. The van der Waals surface area contributed by atoms with E-state index in [0.29, 0.717) is 61.8 Å². The number of nitriles is 1. The van der Waals surface area contributed by atoms with Crippen LogP contribution in [-0.2, 0) is 35.2 Å². The molecule has 0 bridgehead atoms. The van der Waals surface area contributed by atoms with E-state index in [-0.39, 0.29) is 101 Å². The fourth-order valence-corrected chi connectivity index (χ4v) is 10.9. The summed E-state index contributed by atoms with van der Waals surface area (Å²) in [6.45, 7) is 0.120. The van der Waals surface area contributed by atoms with Crippen molar-refractivity contribution in [1.82, 2.24) is 45.4 Å². The predicted molar refractivity (Wildman–Crippen MR) is 298 cm³/mol. The van der Waals surface area contributed by atoms with Gasteiger partial charge in [0.05, 0.1) is 62.5 Å². The van der Waals surface area contributed by atoms with Crippen LogP contribution >= 0.6 is 0 Å². The Labute approximate surface area is 472 Å². The van der Waals surface area contributed by atoms with Crippen molar-refractivity contribution in [3.63, 3.8) is 0 Å². The highest BCUT2D eigenvalue weighted by Gasteiger charge is 2.47. The van der Waals surface area contributed by atoms with Crippen molar-refractivity contribution >= 4 is 63.2 Å². The summed E-state index contributed by atoms with van der Waals surface area (Å²) in [5, 5.41) is 49.5. The Kier molecular flexibility index (Phi) is 20.5. The summed E-state index contributed by atoms with van der Waals surface area (Å²) >= 11 is 0. The van der Waals surface area contributed by atoms with E-state index in [1.165, 1.54) is 12.3 Å². The van der Waals surface area contributed by atoms with E-state index in [1.807, 2.05) is 71.6 Å². The molecule has 4 aromatic carbocycles. The molecular formula is C59H68F2N10O11. The Bertz CT molecular complexity index is 3120. The molecule has 434 valence electrons. The number of carboxylic acid groups (broad SMARTS) is 3. The summed E-state index contributed by atoms with van der Waals surface area (Å²) in [5.74, 6) is -7.84. The quantitative estimate of drug-likeness (QED) is 0.0647. The summed E-state index contributed by atoms with van der Waals surface area (Å²) in [5.41, 5.74) is 3.28. The number of alkyl halides is 2. The van der Waals surface area contributed by atoms with E-state index in [9.17, 15) is 62.9 Å². The van der Waals surface area contributed by atoms with Crippen LogP contribution in [-0.4, -0.2) is 209 Å². The van der Waals surface area contributed by atoms with Gasteiger partial charge in [-0.2, -0.15) is 5.26 Å². The van der Waals surface area contributed by atoms with Gasteiger partial charge >= 0.3 is 17.9 Å². The Morgan fingerprint density at radius 3 is 1.89 bits per heavy atom. The topological polar surface area (TPSA) is 278 Å². The van der Waals surface area contributed by atoms with Crippen LogP contribution in [0.25, 0.3) is 32.8 Å². The number of nitrogens with zero attached hydrogens (tertiary/aromatic N) is 7. The lowest BCUT2D eigenvalue weighted by Crippen LogP contribution is -2.50. The van der Waals surface area contributed by atoms with Crippen molar-refractivity contribution < 1.29 is 62.4 Å². The fourth-order valence-electron chi connectivity index (χ4n) is 10.9. The van der Waals surface area contributed by atoms with Gasteiger partial charge in [-0.15, -0.1) is 0 Å². The Balaban J connectivity index is 0.870. The molecule has 1 aromatic heterocycles. The second kappa shape index (κ2) is 28.0. The van der Waals surface area contributed by atoms with Crippen LogP contribution in [0.1, 0.15) is 48.0 Å². The van der Waals surface area contributed by atoms with Crippen molar-refractivity contribution in [3.05, 3.63) is 108 Å². The molecule has 0 unspecified atom stereocenters. The fraction of sp³-hybridized carbons (Fsp3) is 0.441. The number of ether oxygens (including phenoxy) is 1. The molecule has 21 nitrogen and oxygen atoms in total. The van der Waals surface area contributed by atoms with Crippen LogP contribution in [0.4, 0.5) is 8.78 Å². The van der Waals surface area contributed by atoms with E-state index in [0.717, 1.165) is 32.4 Å². The number of hydrogen-bond donors (Lipinski definition) is 6. The zero-order valence-electron chi connectivity index (χ0n) is 45.4. The first-order valence-electron chi connectivity index (χ1n) is 27.5. The maximum Gasteiger partial charge on any atom is 0.317 e. The van der Waals surface area contributed by atoms with Gasteiger partial charge < -0.3 is 40.9 Å². The van der Waals surface area contributed by atoms with Crippen molar-refractivity contribution in [1.29, 1.82) is 5.26 Å². The van der Waals surface area contributed by atoms with Gasteiger partial charge in [-0.3, -0.25) is 58.1 Å². The van der Waals surface area contributed by atoms with E-state index in [1.54, 1.807) is 32.9 Å². The van der Waals surface area contributed by atoms with Gasteiger partial charge in [-0.05, 0) is 89.9 Å². The molecule has 82 heavy (non-hydrogen) atoms. The number of hydrogen-bond acceptors (Lipinski definition) is 14. The third kappa shape index (κ3) is 17.2. The zero-order valence-corrected chi connectivity index (χ0v) is 45.4. The number of fused-ring (bicyclic) bond motifs is 2. The van der Waals surface area contributed by atoms with Gasteiger partial charge in [0.15, 0.2) is 0 Å². The van der Waals surface area contributed by atoms with E-state index in [4.69, 9.17) is 4.74 Å². The minimum Gasteiger partial charge on any atom is -0.491 e. The minimum absolute atomic E-state index is 0.0105. The normalized spacial score (nSPS) is 19.9. The molecule has 5 aromatic rings. The molecule has 1 saturated carbocycles. The number of carboxylic acids is 3. The average molecular weight is 1130 g/mol. The minimum atomic E-state index is -3.19. The molecule has 0 spiro atoms. The van der Waals surface area contributed by atoms with Crippen LogP contribution in [0.3, 0.4) is 0 Å². The monoisotopic (exact) mass is 1130 g/mol. The van der Waals surface area contributed by atoms with Gasteiger partial charge in [-0.25, -0.2) is 8.78 Å². The van der Waals surface area contributed by atoms with Crippen LogP contribution in [0.2, 0.25) is 0 Å². The smallest absolute Gasteiger partial charge is 0.317 e. The van der Waals surface area contributed by atoms with Gasteiger partial charge in [0, 0.05) is 82.3 Å². The molecule has 1 aliphatic carbocycles. The van der Waals surface area contributed by atoms with Crippen LogP contribution in [0.5, 0.6) is 5.75 Å². The number of halogens is 2. The molecule has 3 aliphatic rings. The number of benzene rings is 4. The van der Waals surface area contributed by atoms with Crippen LogP contribution in [0, 0.1) is 17.2 Å². The Morgan fingerprint density at radius 1 is 0.707 bits per heavy atom. The van der Waals surface area contributed by atoms with E-state index in [2.05, 4.69) is 27.0 Å². The Hall–Kier alpha value is -8.17. The first-order valence-corrected chi connectivity index (χ1v) is 27.5. The molecule has 8 rings (SSSR count). The highest BCUT2D eigenvalue weighted by Crippen LogP contribution is 2.32. The van der Waals surface area contributed by atoms with Crippen molar-refractivity contribution in [3.8, 4) is 22.9 Å². The number of rotatable bonds is 20. The second-order valence-corrected chi connectivity index (χ2v) is 21.3. The number of likely N-dealkylation sites (tertiary alicyclic amines) is 1. The van der Waals surface area contributed by atoms with Gasteiger partial charge in [0.25, 0.3) is 11.8 Å². The van der Waals surface area contributed by atoms with Gasteiger partial charge in [0.1, 0.15) is 18.4 Å². The SMILES string of the molecule is N#C[C@@H]1CC(F)(F)CN1C(=O)CNC(=O)c1ccnc2ccc(-c3ccc(OC[C@H](Cc4ccc5ccccc5c4)NC(=O)C4CCC(NC(=O)CN5CCN(CC(=O)O)CCN(CC(=O)O)CCN(CC(=O)O)CC5)CC4)cc3)cc12. The second-order valence-electron chi connectivity index (χ2n) is 21.3. The molecule has 2 atom stereocenters. The van der Waals surface area contributed by atoms with Crippen molar-refractivity contribution in [2.24, 2.45) is 5.92 Å². The Morgan fingerprint density at radius 2 is 1.29 bits per heavy atom. The lowest BCUT2D eigenvalue weighted by Gasteiger charge is -2.33. The standard InChI is InChI=1S/C59H68F2N10O11/c60-59(61)30-47(31-62)71(38-59)53(73)32-64-58(81)49-17-18-63-51-16-11-44(29-50(49)51)41-9-14-48(15-10-41)82-37-46(28-39-5-6-40-3-1-2-4-43(40)27-39)66-57(80)42-7-12-45(13-8-42)65-52(72)33-67-19-21-68(34-54(74)75)23-25-70(36-56(78)79)26-24-69(22-20-67)35-55(76)77/h1-6,9-11,14-18,27,29,42,45-47H,7-8,12-13,19-26,28,30,32-38H2,(H,64,81)(H,65,72)(H,66,80)(H,74,75)(H,76,77)(H,78,79)/t42?,45?,46-,47-/m0/s1. The number of nitrogens with one attached hydrogen (secondary N) is 3. The molecule has 0 radical (unpaired) electrons. The number of carbonyl (C=O) groups excluding carboxylic acids is 4. The van der Waals surface area contributed by atoms with Crippen LogP contribution in [0.15, 0.2) is 97.2 Å². The summed E-state index contributed by atoms with van der Waals surface area (Å²) in [6.07, 6.45) is 3.36. The molecule has 3 heterocycles. The molecule has 4 amide bonds. The van der Waals surface area contributed by atoms with Gasteiger partial charge in [0.2, 0.25) is 17.7 Å². The molecule has 3 fully saturated rings. The lowest BCUT2D eigenvalue weighted by atomic mass is 9.85. The first kappa shape index (κ1) is 59.9. The third-order valence-corrected chi connectivity index (χ3v) is 15.2. The summed E-state index contributed by atoms with van der Waals surface area (Å²) in [7, 11) is 0. The number of pyridine rings is 1. The number of carbonyl (C=O) groups is 7. The van der Waals surface area contributed by atoms with E-state index >= 15 is 0 Å². The molecule has 2 saturated heterocycles. The number of aromatic nitrogens is 1. The summed E-state index contributed by atoms with van der Waals surface area (Å²) in [6, 6.07) is 28.3. The molecular weight excluding hydrogens is 1060 g/mol. The van der Waals surface area contributed by atoms with Crippen molar-refractivity contribution in [2.75, 3.05) is 98.2 Å². The average Bonchev–Trinajstić information content (AvgIpc) is 3.82.